The first-order valence-corrected chi connectivity index (χ1v) is 7.35. The van der Waals surface area contributed by atoms with E-state index in [2.05, 4.69) is 10.6 Å². The van der Waals surface area contributed by atoms with Crippen molar-refractivity contribution in [1.29, 1.82) is 0 Å². The SMILES string of the molecule is CC(C)C(=O)Nc1ccc(NC(=O)C2(O)CCCC2)cc1. The predicted octanol–water partition coefficient (Wildman–Crippen LogP) is 2.52. The van der Waals surface area contributed by atoms with Gasteiger partial charge in [-0.1, -0.05) is 13.8 Å². The zero-order chi connectivity index (χ0) is 15.5. The number of carbonyl (C=O) groups is 2. The van der Waals surface area contributed by atoms with Crippen LogP contribution in [0.15, 0.2) is 24.3 Å². The van der Waals surface area contributed by atoms with Crippen molar-refractivity contribution >= 4 is 23.2 Å². The second-order valence-electron chi connectivity index (χ2n) is 5.91. The smallest absolute Gasteiger partial charge is 0.256 e. The Morgan fingerprint density at radius 3 is 2.00 bits per heavy atom. The number of amides is 2. The van der Waals surface area contributed by atoms with E-state index in [1.54, 1.807) is 24.3 Å². The predicted molar refractivity (Wildman–Crippen MR) is 82.0 cm³/mol. The van der Waals surface area contributed by atoms with Crippen LogP contribution in [0.1, 0.15) is 39.5 Å². The molecule has 1 saturated carbocycles. The summed E-state index contributed by atoms with van der Waals surface area (Å²) in [5, 5.41) is 15.7. The van der Waals surface area contributed by atoms with E-state index < -0.39 is 5.60 Å². The van der Waals surface area contributed by atoms with E-state index in [0.29, 0.717) is 24.2 Å². The molecule has 21 heavy (non-hydrogen) atoms. The summed E-state index contributed by atoms with van der Waals surface area (Å²) in [5.74, 6) is -0.480. The minimum Gasteiger partial charge on any atom is -0.380 e. The van der Waals surface area contributed by atoms with Crippen molar-refractivity contribution in [2.24, 2.45) is 5.92 Å². The van der Waals surface area contributed by atoms with Gasteiger partial charge in [-0.2, -0.15) is 0 Å². The second kappa shape index (κ2) is 6.26. The number of hydrogen-bond donors (Lipinski definition) is 3. The molecule has 0 aromatic heterocycles. The highest BCUT2D eigenvalue weighted by atomic mass is 16.3. The normalized spacial score (nSPS) is 16.8. The largest absolute Gasteiger partial charge is 0.380 e. The first-order chi connectivity index (χ1) is 9.90. The summed E-state index contributed by atoms with van der Waals surface area (Å²) in [5.41, 5.74) is 0.0685. The zero-order valence-corrected chi connectivity index (χ0v) is 12.5. The first-order valence-electron chi connectivity index (χ1n) is 7.35. The van der Waals surface area contributed by atoms with E-state index >= 15 is 0 Å². The molecular formula is C16H22N2O3. The molecule has 1 aromatic carbocycles. The molecule has 5 nitrogen and oxygen atoms in total. The van der Waals surface area contributed by atoms with Crippen molar-refractivity contribution < 1.29 is 14.7 Å². The van der Waals surface area contributed by atoms with Crippen LogP contribution in [0, 0.1) is 5.92 Å². The molecule has 114 valence electrons. The summed E-state index contributed by atoms with van der Waals surface area (Å²) in [6.45, 7) is 3.65. The molecule has 0 bridgehead atoms. The molecule has 1 aliphatic carbocycles. The van der Waals surface area contributed by atoms with Crippen LogP contribution in [0.2, 0.25) is 0 Å². The van der Waals surface area contributed by atoms with E-state index in [-0.39, 0.29) is 17.7 Å². The zero-order valence-electron chi connectivity index (χ0n) is 12.5. The first kappa shape index (κ1) is 15.5. The summed E-state index contributed by atoms with van der Waals surface area (Å²) in [4.78, 5) is 23.6. The third-order valence-corrected chi connectivity index (χ3v) is 3.79. The highest BCUT2D eigenvalue weighted by Crippen LogP contribution is 2.30. The molecule has 0 saturated heterocycles. The molecule has 1 aliphatic rings. The van der Waals surface area contributed by atoms with Crippen molar-refractivity contribution in [2.75, 3.05) is 10.6 Å². The van der Waals surface area contributed by atoms with Gasteiger partial charge in [0.25, 0.3) is 5.91 Å². The summed E-state index contributed by atoms with van der Waals surface area (Å²) < 4.78 is 0. The fourth-order valence-corrected chi connectivity index (χ4v) is 2.36. The van der Waals surface area contributed by atoms with Crippen LogP contribution in [0.5, 0.6) is 0 Å². The third-order valence-electron chi connectivity index (χ3n) is 3.79. The van der Waals surface area contributed by atoms with Crippen LogP contribution in [-0.4, -0.2) is 22.5 Å². The van der Waals surface area contributed by atoms with Gasteiger partial charge in [0.15, 0.2) is 0 Å². The van der Waals surface area contributed by atoms with Gasteiger partial charge in [0, 0.05) is 17.3 Å². The van der Waals surface area contributed by atoms with Gasteiger partial charge in [-0.25, -0.2) is 0 Å². The lowest BCUT2D eigenvalue weighted by Gasteiger charge is -2.21. The molecule has 1 fully saturated rings. The molecule has 0 unspecified atom stereocenters. The molecule has 0 atom stereocenters. The minimum atomic E-state index is -1.23. The fourth-order valence-electron chi connectivity index (χ4n) is 2.36. The summed E-state index contributed by atoms with van der Waals surface area (Å²) >= 11 is 0. The summed E-state index contributed by atoms with van der Waals surface area (Å²) in [7, 11) is 0. The number of anilines is 2. The Hall–Kier alpha value is -1.88. The van der Waals surface area contributed by atoms with Gasteiger partial charge < -0.3 is 15.7 Å². The van der Waals surface area contributed by atoms with Crippen LogP contribution in [0.4, 0.5) is 11.4 Å². The number of nitrogens with one attached hydrogen (secondary N) is 2. The molecule has 0 spiro atoms. The molecule has 0 radical (unpaired) electrons. The van der Waals surface area contributed by atoms with E-state index in [4.69, 9.17) is 0 Å². The van der Waals surface area contributed by atoms with Crippen LogP contribution < -0.4 is 10.6 Å². The Labute approximate surface area is 124 Å². The van der Waals surface area contributed by atoms with Crippen molar-refractivity contribution in [3.63, 3.8) is 0 Å². The maximum absolute atomic E-state index is 12.1. The Morgan fingerprint density at radius 1 is 1.05 bits per heavy atom. The number of carbonyl (C=O) groups excluding carboxylic acids is 2. The van der Waals surface area contributed by atoms with Crippen molar-refractivity contribution in [2.45, 2.75) is 45.1 Å². The van der Waals surface area contributed by atoms with Gasteiger partial charge in [0.05, 0.1) is 0 Å². The number of rotatable bonds is 4. The Balaban J connectivity index is 1.96. The van der Waals surface area contributed by atoms with Gasteiger partial charge in [-0.3, -0.25) is 9.59 Å². The van der Waals surface area contributed by atoms with Crippen LogP contribution in [0.25, 0.3) is 0 Å². The topological polar surface area (TPSA) is 78.4 Å². The number of hydrogen-bond acceptors (Lipinski definition) is 3. The molecule has 0 heterocycles. The minimum absolute atomic E-state index is 0.0490. The Morgan fingerprint density at radius 2 is 1.52 bits per heavy atom. The van der Waals surface area contributed by atoms with Gasteiger partial charge in [-0.05, 0) is 49.9 Å². The summed E-state index contributed by atoms with van der Waals surface area (Å²) in [6, 6.07) is 6.89. The molecule has 1 aromatic rings. The lowest BCUT2D eigenvalue weighted by atomic mass is 10.0. The number of benzene rings is 1. The highest BCUT2D eigenvalue weighted by molar-refractivity contribution is 5.97. The summed E-state index contributed by atoms with van der Waals surface area (Å²) in [6.07, 6.45) is 2.79. The van der Waals surface area contributed by atoms with E-state index in [0.717, 1.165) is 12.8 Å². The second-order valence-corrected chi connectivity index (χ2v) is 5.91. The lowest BCUT2D eigenvalue weighted by molar-refractivity contribution is -0.133. The Bertz CT molecular complexity index is 517. The van der Waals surface area contributed by atoms with E-state index in [1.807, 2.05) is 13.8 Å². The molecular weight excluding hydrogens is 268 g/mol. The molecule has 0 aliphatic heterocycles. The van der Waals surface area contributed by atoms with Gasteiger partial charge in [0.2, 0.25) is 5.91 Å². The third kappa shape index (κ3) is 3.82. The highest BCUT2D eigenvalue weighted by Gasteiger charge is 2.38. The maximum atomic E-state index is 12.1. The molecule has 5 heteroatoms. The quantitative estimate of drug-likeness (QED) is 0.797. The fraction of sp³-hybridized carbons (Fsp3) is 0.500. The van der Waals surface area contributed by atoms with Crippen molar-refractivity contribution in [3.8, 4) is 0 Å². The van der Waals surface area contributed by atoms with E-state index in [9.17, 15) is 14.7 Å². The van der Waals surface area contributed by atoms with Crippen molar-refractivity contribution in [1.82, 2.24) is 0 Å². The monoisotopic (exact) mass is 290 g/mol. The number of aliphatic hydroxyl groups is 1. The van der Waals surface area contributed by atoms with Crippen LogP contribution in [-0.2, 0) is 9.59 Å². The van der Waals surface area contributed by atoms with E-state index in [1.165, 1.54) is 0 Å². The average Bonchev–Trinajstić information content (AvgIpc) is 2.89. The standard InChI is InChI=1S/C16H22N2O3/c1-11(2)14(19)17-12-5-7-13(8-6-12)18-15(20)16(21)9-3-4-10-16/h5-8,11,21H,3-4,9-10H2,1-2H3,(H,17,19)(H,18,20). The van der Waals surface area contributed by atoms with Gasteiger partial charge in [0.1, 0.15) is 5.60 Å². The Kier molecular flexibility index (Phi) is 4.63. The lowest BCUT2D eigenvalue weighted by Crippen LogP contribution is -2.40. The van der Waals surface area contributed by atoms with Gasteiger partial charge in [-0.15, -0.1) is 0 Å². The van der Waals surface area contributed by atoms with Gasteiger partial charge >= 0.3 is 0 Å². The van der Waals surface area contributed by atoms with Crippen LogP contribution in [0.3, 0.4) is 0 Å². The maximum Gasteiger partial charge on any atom is 0.256 e. The van der Waals surface area contributed by atoms with Crippen LogP contribution >= 0.6 is 0 Å². The average molecular weight is 290 g/mol. The molecule has 2 amide bonds. The molecule has 3 N–H and O–H groups in total. The molecule has 2 rings (SSSR count). The van der Waals surface area contributed by atoms with Crippen molar-refractivity contribution in [3.05, 3.63) is 24.3 Å².